The minimum Gasteiger partial charge on any atom is -0.469 e. The second kappa shape index (κ2) is 5.32. The number of ether oxygens (including phenoxy) is 1. The van der Waals surface area contributed by atoms with Crippen LogP contribution in [0.5, 0.6) is 0 Å². The van der Waals surface area contributed by atoms with E-state index in [4.69, 9.17) is 4.74 Å². The van der Waals surface area contributed by atoms with Crippen molar-refractivity contribution in [2.45, 2.75) is 71.0 Å². The van der Waals surface area contributed by atoms with Gasteiger partial charge in [0, 0.05) is 5.41 Å². The lowest BCUT2D eigenvalue weighted by molar-refractivity contribution is -0.213. The fourth-order valence-electron chi connectivity index (χ4n) is 7.95. The summed E-state index contributed by atoms with van der Waals surface area (Å²) in [6.45, 7) is 8.48. The predicted molar refractivity (Wildman–Crippen MR) is 94.6 cm³/mol. The Morgan fingerprint density at radius 1 is 1.24 bits per heavy atom. The van der Waals surface area contributed by atoms with Crippen molar-refractivity contribution in [3.05, 3.63) is 12.2 Å². The molecule has 0 unspecified atom stereocenters. The van der Waals surface area contributed by atoms with E-state index in [1.165, 1.54) is 7.11 Å². The third-order valence-corrected chi connectivity index (χ3v) is 8.81. The maximum Gasteiger partial charge on any atom is 0.311 e. The van der Waals surface area contributed by atoms with Crippen LogP contribution in [0.3, 0.4) is 0 Å². The molecule has 4 saturated carbocycles. The minimum absolute atomic E-state index is 0.0357. The zero-order valence-electron chi connectivity index (χ0n) is 15.8. The van der Waals surface area contributed by atoms with Crippen LogP contribution >= 0.6 is 0 Å². The third kappa shape index (κ3) is 1.98. The monoisotopic (exact) mass is 348 g/mol. The Bertz CT molecular complexity index is 615. The van der Waals surface area contributed by atoms with Crippen LogP contribution in [0.25, 0.3) is 0 Å². The molecule has 4 aliphatic rings. The Hall–Kier alpha value is -0.870. The van der Waals surface area contributed by atoms with Crippen LogP contribution in [0, 0.1) is 34.0 Å². The van der Waals surface area contributed by atoms with Gasteiger partial charge in [-0.15, -0.1) is 0 Å². The van der Waals surface area contributed by atoms with E-state index >= 15 is 0 Å². The Morgan fingerprint density at radius 3 is 2.64 bits per heavy atom. The summed E-state index contributed by atoms with van der Waals surface area (Å²) in [5.74, 6) is 0.369. The molecule has 0 radical (unpaired) electrons. The van der Waals surface area contributed by atoms with Gasteiger partial charge < -0.3 is 14.9 Å². The molecule has 8 atom stereocenters. The summed E-state index contributed by atoms with van der Waals surface area (Å²) >= 11 is 0. The number of carbonyl (C=O) groups is 1. The molecule has 0 aromatic rings. The molecule has 2 N–H and O–H groups in total. The van der Waals surface area contributed by atoms with Crippen molar-refractivity contribution < 1.29 is 19.7 Å². The third-order valence-electron chi connectivity index (χ3n) is 8.81. The van der Waals surface area contributed by atoms with Gasteiger partial charge in [-0.25, -0.2) is 0 Å². The first-order valence-corrected chi connectivity index (χ1v) is 9.84. The number of fused-ring (bicyclic) bond motifs is 3. The van der Waals surface area contributed by atoms with Gasteiger partial charge in [0.2, 0.25) is 0 Å². The average molecular weight is 348 g/mol. The number of esters is 1. The highest BCUT2D eigenvalue weighted by molar-refractivity contribution is 5.77. The highest BCUT2D eigenvalue weighted by Crippen LogP contribution is 2.72. The van der Waals surface area contributed by atoms with E-state index in [-0.39, 0.29) is 34.6 Å². The number of rotatable bonds is 1. The molecule has 4 aliphatic carbocycles. The zero-order valence-corrected chi connectivity index (χ0v) is 15.8. The summed E-state index contributed by atoms with van der Waals surface area (Å²) in [6, 6.07) is 0. The average Bonchev–Trinajstić information content (AvgIpc) is 2.75. The number of aliphatic hydroxyl groups excluding tert-OH is 2. The summed E-state index contributed by atoms with van der Waals surface area (Å²) in [7, 11) is 1.48. The molecule has 4 fully saturated rings. The zero-order chi connectivity index (χ0) is 18.2. The molecule has 4 rings (SSSR count). The Morgan fingerprint density at radius 2 is 1.96 bits per heavy atom. The normalized spacial score (nSPS) is 54.6. The van der Waals surface area contributed by atoms with Crippen molar-refractivity contribution >= 4 is 5.97 Å². The second-order valence-corrected chi connectivity index (χ2v) is 9.75. The molecule has 4 heteroatoms. The molecule has 0 saturated heterocycles. The Kier molecular flexibility index (Phi) is 3.73. The van der Waals surface area contributed by atoms with Crippen molar-refractivity contribution in [1.29, 1.82) is 0 Å². The number of methoxy groups -OCH3 is 1. The molecule has 140 valence electrons. The van der Waals surface area contributed by atoms with Gasteiger partial charge in [-0.05, 0) is 74.2 Å². The fourth-order valence-corrected chi connectivity index (χ4v) is 7.95. The van der Waals surface area contributed by atoms with Gasteiger partial charge in [0.1, 0.15) is 0 Å². The standard InChI is InChI=1S/C21H32O4/c1-12-13-10-14(22)16-19(2)7-5-8-20(3,18(24)25-4)15(19)6-9-21(16,11-13)17(12)23/h13-17,22-23H,1,5-11H2,2-4H3/t13-,14-,15-,16-,17+,19+,20+,21+/m0/s1. The van der Waals surface area contributed by atoms with Crippen molar-refractivity contribution in [1.82, 2.24) is 0 Å². The largest absolute Gasteiger partial charge is 0.469 e. The molecule has 0 heterocycles. The topological polar surface area (TPSA) is 66.8 Å². The predicted octanol–water partition coefficient (Wildman–Crippen LogP) is 3.07. The van der Waals surface area contributed by atoms with Gasteiger partial charge in [0.25, 0.3) is 0 Å². The van der Waals surface area contributed by atoms with Gasteiger partial charge in [0.15, 0.2) is 0 Å². The number of hydrogen-bond donors (Lipinski definition) is 2. The van der Waals surface area contributed by atoms with Crippen molar-refractivity contribution in [3.8, 4) is 0 Å². The van der Waals surface area contributed by atoms with Gasteiger partial charge >= 0.3 is 5.97 Å². The summed E-state index contributed by atoms with van der Waals surface area (Å²) in [5.41, 5.74) is 0.0461. The summed E-state index contributed by atoms with van der Waals surface area (Å²) < 4.78 is 5.18. The molecule has 0 amide bonds. The van der Waals surface area contributed by atoms with Crippen LogP contribution in [0.1, 0.15) is 58.8 Å². The van der Waals surface area contributed by atoms with E-state index < -0.39 is 17.6 Å². The van der Waals surface area contributed by atoms with Crippen LogP contribution in [-0.4, -0.2) is 35.5 Å². The van der Waals surface area contributed by atoms with Gasteiger partial charge in [-0.2, -0.15) is 0 Å². The first-order valence-electron chi connectivity index (χ1n) is 9.84. The van der Waals surface area contributed by atoms with E-state index in [2.05, 4.69) is 20.4 Å². The first kappa shape index (κ1) is 17.5. The molecule has 0 aromatic heterocycles. The molecule has 0 aliphatic heterocycles. The maximum absolute atomic E-state index is 12.7. The highest BCUT2D eigenvalue weighted by Gasteiger charge is 2.70. The lowest BCUT2D eigenvalue weighted by Crippen LogP contribution is -2.63. The van der Waals surface area contributed by atoms with Crippen LogP contribution in [0.15, 0.2) is 12.2 Å². The van der Waals surface area contributed by atoms with Gasteiger partial charge in [0.05, 0.1) is 24.7 Å². The lowest BCUT2D eigenvalue weighted by atomic mass is 9.40. The van der Waals surface area contributed by atoms with Crippen LogP contribution in [0.2, 0.25) is 0 Å². The molecular weight excluding hydrogens is 316 g/mol. The summed E-state index contributed by atoms with van der Waals surface area (Å²) in [4.78, 5) is 12.7. The molecule has 1 spiro atoms. The van der Waals surface area contributed by atoms with Crippen LogP contribution in [0.4, 0.5) is 0 Å². The first-order chi connectivity index (χ1) is 11.7. The van der Waals surface area contributed by atoms with Crippen molar-refractivity contribution in [3.63, 3.8) is 0 Å². The summed E-state index contributed by atoms with van der Waals surface area (Å²) in [6.07, 6.45) is 5.36. The Balaban J connectivity index is 1.80. The van der Waals surface area contributed by atoms with Crippen molar-refractivity contribution in [2.24, 2.45) is 34.0 Å². The SMILES string of the molecule is C=C1[C@H]2C[C@H](O)[C@H]3[C@]4(C)CCC[C@@](C)(C(=O)OC)[C@H]4CC[C@]3(C2)[C@@H]1O. The van der Waals surface area contributed by atoms with E-state index in [1.807, 2.05) is 0 Å². The highest BCUT2D eigenvalue weighted by atomic mass is 16.5. The fraction of sp³-hybridized carbons (Fsp3) is 0.857. The van der Waals surface area contributed by atoms with E-state index in [9.17, 15) is 15.0 Å². The smallest absolute Gasteiger partial charge is 0.311 e. The molecular formula is C21H32O4. The van der Waals surface area contributed by atoms with E-state index in [0.29, 0.717) is 6.42 Å². The number of carbonyl (C=O) groups excluding carboxylic acids is 1. The molecule has 25 heavy (non-hydrogen) atoms. The second-order valence-electron chi connectivity index (χ2n) is 9.75. The molecule has 0 aromatic carbocycles. The van der Waals surface area contributed by atoms with E-state index in [1.54, 1.807) is 0 Å². The number of hydrogen-bond acceptors (Lipinski definition) is 4. The van der Waals surface area contributed by atoms with E-state index in [0.717, 1.165) is 44.1 Å². The quantitative estimate of drug-likeness (QED) is 0.564. The molecule has 4 nitrogen and oxygen atoms in total. The van der Waals surface area contributed by atoms with Crippen LogP contribution < -0.4 is 0 Å². The van der Waals surface area contributed by atoms with Crippen molar-refractivity contribution in [2.75, 3.05) is 7.11 Å². The number of aliphatic hydroxyl groups is 2. The summed E-state index contributed by atoms with van der Waals surface area (Å²) in [5, 5.41) is 22.2. The van der Waals surface area contributed by atoms with Crippen LogP contribution in [-0.2, 0) is 9.53 Å². The Labute approximate surface area is 150 Å². The molecule has 2 bridgehead atoms. The minimum atomic E-state index is -0.510. The van der Waals surface area contributed by atoms with Gasteiger partial charge in [-0.3, -0.25) is 4.79 Å². The van der Waals surface area contributed by atoms with Gasteiger partial charge in [-0.1, -0.05) is 19.9 Å². The maximum atomic E-state index is 12.7. The lowest BCUT2D eigenvalue weighted by Gasteiger charge is -2.64.